The zero-order chi connectivity index (χ0) is 13.7. The molecule has 0 spiro atoms. The quantitative estimate of drug-likeness (QED) is 0.631. The van der Waals surface area contributed by atoms with E-state index in [-0.39, 0.29) is 5.78 Å². The number of carbonyl (C=O) groups excluding carboxylic acids is 1. The number of aliphatic hydroxyl groups is 1. The summed E-state index contributed by atoms with van der Waals surface area (Å²) >= 11 is 0. The van der Waals surface area contributed by atoms with Crippen LogP contribution < -0.4 is 0 Å². The fourth-order valence-corrected chi connectivity index (χ4v) is 2.74. The van der Waals surface area contributed by atoms with Crippen molar-refractivity contribution in [3.63, 3.8) is 0 Å². The van der Waals surface area contributed by atoms with E-state index in [1.54, 1.807) is 0 Å². The van der Waals surface area contributed by atoms with Gasteiger partial charge in [-0.3, -0.25) is 9.79 Å². The van der Waals surface area contributed by atoms with Crippen molar-refractivity contribution < 1.29 is 9.90 Å². The Hall–Kier alpha value is -2.52. The lowest BCUT2D eigenvalue weighted by molar-refractivity contribution is 0.0848. The summed E-state index contributed by atoms with van der Waals surface area (Å²) in [7, 11) is 0. The van der Waals surface area contributed by atoms with Crippen LogP contribution in [-0.2, 0) is 0 Å². The summed E-state index contributed by atoms with van der Waals surface area (Å²) in [5.41, 5.74) is 1.14. The molecule has 0 saturated heterocycles. The second-order valence-corrected chi connectivity index (χ2v) is 4.97. The third kappa shape index (κ3) is 1.50. The number of carbonyl (C=O) groups is 1. The highest BCUT2D eigenvalue weighted by atomic mass is 16.3. The van der Waals surface area contributed by atoms with Crippen LogP contribution in [-0.4, -0.2) is 23.2 Å². The average molecular weight is 261 g/mol. The molecule has 1 atom stereocenters. The molecule has 0 aliphatic carbocycles. The Kier molecular flexibility index (Phi) is 2.26. The van der Waals surface area contributed by atoms with E-state index in [1.807, 2.05) is 42.5 Å². The lowest BCUT2D eigenvalue weighted by Crippen LogP contribution is -2.24. The van der Waals surface area contributed by atoms with Gasteiger partial charge >= 0.3 is 0 Å². The van der Waals surface area contributed by atoms with E-state index in [0.29, 0.717) is 11.3 Å². The van der Waals surface area contributed by atoms with Crippen molar-refractivity contribution in [1.29, 1.82) is 0 Å². The van der Waals surface area contributed by atoms with Gasteiger partial charge in [-0.1, -0.05) is 30.3 Å². The van der Waals surface area contributed by atoms with E-state index in [4.69, 9.17) is 0 Å². The third-order valence-electron chi connectivity index (χ3n) is 3.73. The fraction of sp³-hybridized carbons (Fsp3) is 0.0588. The summed E-state index contributed by atoms with van der Waals surface area (Å²) in [6.45, 7) is 0. The van der Waals surface area contributed by atoms with Gasteiger partial charge in [-0.05, 0) is 39.7 Å². The summed E-state index contributed by atoms with van der Waals surface area (Å²) in [6, 6.07) is 15.9. The van der Waals surface area contributed by atoms with Crippen LogP contribution in [0.3, 0.4) is 0 Å². The minimum absolute atomic E-state index is 0.282. The SMILES string of the molecule is O=C1c2c(ccc3cc4ccccc4cc23)N=CC1O. The Labute approximate surface area is 115 Å². The zero-order valence-electron chi connectivity index (χ0n) is 10.6. The van der Waals surface area contributed by atoms with Gasteiger partial charge in [0.25, 0.3) is 0 Å². The summed E-state index contributed by atoms with van der Waals surface area (Å²) in [5.74, 6) is -0.282. The van der Waals surface area contributed by atoms with Gasteiger partial charge in [0.15, 0.2) is 11.9 Å². The van der Waals surface area contributed by atoms with Gasteiger partial charge in [0.1, 0.15) is 0 Å². The number of rotatable bonds is 0. The lowest BCUT2D eigenvalue weighted by Gasteiger charge is -2.16. The maximum absolute atomic E-state index is 12.2. The predicted molar refractivity (Wildman–Crippen MR) is 79.9 cm³/mol. The molecule has 1 N–H and O–H groups in total. The third-order valence-corrected chi connectivity index (χ3v) is 3.73. The molecule has 0 saturated carbocycles. The highest BCUT2D eigenvalue weighted by molar-refractivity contribution is 6.22. The predicted octanol–water partition coefficient (Wildman–Crippen LogP) is 3.25. The van der Waals surface area contributed by atoms with Gasteiger partial charge in [-0.15, -0.1) is 0 Å². The minimum atomic E-state index is -1.14. The molecule has 1 aliphatic heterocycles. The highest BCUT2D eigenvalue weighted by Gasteiger charge is 2.24. The average Bonchev–Trinajstić information content (AvgIpc) is 2.48. The molecule has 1 unspecified atom stereocenters. The summed E-state index contributed by atoms with van der Waals surface area (Å²) in [5, 5.41) is 13.7. The zero-order valence-corrected chi connectivity index (χ0v) is 10.6. The molecule has 3 aromatic rings. The minimum Gasteiger partial charge on any atom is -0.379 e. The van der Waals surface area contributed by atoms with Crippen molar-refractivity contribution in [1.82, 2.24) is 0 Å². The number of hydrogen-bond donors (Lipinski definition) is 1. The molecule has 0 fully saturated rings. The van der Waals surface area contributed by atoms with Crippen LogP contribution in [0.2, 0.25) is 0 Å². The number of fused-ring (bicyclic) bond motifs is 4. The molecule has 0 bridgehead atoms. The van der Waals surface area contributed by atoms with Crippen molar-refractivity contribution in [3.8, 4) is 0 Å². The summed E-state index contributed by atoms with van der Waals surface area (Å²) < 4.78 is 0. The smallest absolute Gasteiger partial charge is 0.199 e. The normalized spacial score (nSPS) is 17.6. The highest BCUT2D eigenvalue weighted by Crippen LogP contribution is 2.33. The molecule has 0 aromatic heterocycles. The molecule has 20 heavy (non-hydrogen) atoms. The van der Waals surface area contributed by atoms with Crippen LogP contribution >= 0.6 is 0 Å². The van der Waals surface area contributed by atoms with Crippen LogP contribution in [0.15, 0.2) is 53.5 Å². The Morgan fingerprint density at radius 1 is 0.950 bits per heavy atom. The Morgan fingerprint density at radius 2 is 1.70 bits per heavy atom. The van der Waals surface area contributed by atoms with E-state index in [1.165, 1.54) is 6.21 Å². The Balaban J connectivity index is 2.15. The van der Waals surface area contributed by atoms with E-state index >= 15 is 0 Å². The number of ketones is 1. The van der Waals surface area contributed by atoms with Crippen molar-refractivity contribution in [2.45, 2.75) is 6.10 Å². The van der Waals surface area contributed by atoms with E-state index in [2.05, 4.69) is 11.1 Å². The van der Waals surface area contributed by atoms with Gasteiger partial charge in [-0.25, -0.2) is 0 Å². The van der Waals surface area contributed by atoms with E-state index in [0.717, 1.165) is 21.5 Å². The van der Waals surface area contributed by atoms with Crippen molar-refractivity contribution >= 4 is 39.2 Å². The van der Waals surface area contributed by atoms with Crippen LogP contribution in [0.25, 0.3) is 21.5 Å². The van der Waals surface area contributed by atoms with Gasteiger partial charge < -0.3 is 5.11 Å². The van der Waals surface area contributed by atoms with Crippen LogP contribution in [0, 0.1) is 0 Å². The molecular formula is C17H11NO2. The topological polar surface area (TPSA) is 49.7 Å². The molecule has 3 heteroatoms. The van der Waals surface area contributed by atoms with E-state index < -0.39 is 6.10 Å². The number of Topliss-reactive ketones (excluding diaryl/α,β-unsaturated/α-hetero) is 1. The van der Waals surface area contributed by atoms with Gasteiger partial charge in [0.2, 0.25) is 0 Å². The van der Waals surface area contributed by atoms with Crippen molar-refractivity contribution in [2.24, 2.45) is 4.99 Å². The Morgan fingerprint density at radius 3 is 2.50 bits per heavy atom. The van der Waals surface area contributed by atoms with Gasteiger partial charge in [-0.2, -0.15) is 0 Å². The first-order valence-electron chi connectivity index (χ1n) is 6.46. The van der Waals surface area contributed by atoms with Gasteiger partial charge in [0.05, 0.1) is 11.3 Å². The van der Waals surface area contributed by atoms with Crippen LogP contribution in [0.1, 0.15) is 10.4 Å². The first kappa shape index (κ1) is 11.3. The molecule has 4 rings (SSSR count). The van der Waals surface area contributed by atoms with Gasteiger partial charge in [0, 0.05) is 6.21 Å². The largest absolute Gasteiger partial charge is 0.379 e. The van der Waals surface area contributed by atoms with Crippen molar-refractivity contribution in [2.75, 3.05) is 0 Å². The summed E-state index contributed by atoms with van der Waals surface area (Å²) in [4.78, 5) is 16.4. The molecule has 1 aliphatic rings. The molecule has 3 aromatic carbocycles. The second-order valence-electron chi connectivity index (χ2n) is 4.97. The molecule has 1 heterocycles. The van der Waals surface area contributed by atoms with Crippen molar-refractivity contribution in [3.05, 3.63) is 54.1 Å². The number of aliphatic imine (C=N–C) groups is 1. The first-order valence-corrected chi connectivity index (χ1v) is 6.46. The number of hydrogen-bond acceptors (Lipinski definition) is 3. The van der Waals surface area contributed by atoms with Crippen LogP contribution in [0.4, 0.5) is 5.69 Å². The fourth-order valence-electron chi connectivity index (χ4n) is 2.74. The summed E-state index contributed by atoms with van der Waals surface area (Å²) in [6.07, 6.45) is 0.150. The molecule has 0 amide bonds. The number of nitrogens with zero attached hydrogens (tertiary/aromatic N) is 1. The molecule has 3 nitrogen and oxygen atoms in total. The maximum Gasteiger partial charge on any atom is 0.199 e. The molecular weight excluding hydrogens is 250 g/mol. The van der Waals surface area contributed by atoms with E-state index in [9.17, 15) is 9.90 Å². The Bertz CT molecular complexity index is 896. The lowest BCUT2D eigenvalue weighted by atomic mass is 9.93. The first-order chi connectivity index (χ1) is 9.74. The number of aliphatic hydroxyl groups excluding tert-OH is 1. The standard InChI is InChI=1S/C17H11NO2/c19-15-9-18-14-6-5-12-7-10-3-1-2-4-11(10)8-13(12)16(14)17(15)20/h1-9,15,19H. The van der Waals surface area contributed by atoms with Crippen LogP contribution in [0.5, 0.6) is 0 Å². The number of benzene rings is 3. The monoisotopic (exact) mass is 261 g/mol. The second kappa shape index (κ2) is 3.99. The molecule has 0 radical (unpaired) electrons. The molecule has 96 valence electrons. The maximum atomic E-state index is 12.2.